The van der Waals surface area contributed by atoms with E-state index in [-0.39, 0.29) is 0 Å². The fourth-order valence-corrected chi connectivity index (χ4v) is 1.94. The number of nitrogens with one attached hydrogen (secondary N) is 1. The molecule has 0 aliphatic heterocycles. The van der Waals surface area contributed by atoms with E-state index < -0.39 is 0 Å². The van der Waals surface area contributed by atoms with Gasteiger partial charge in [0.05, 0.1) is 6.54 Å². The molecule has 1 aromatic carbocycles. The van der Waals surface area contributed by atoms with Crippen molar-refractivity contribution in [1.29, 1.82) is 0 Å². The van der Waals surface area contributed by atoms with E-state index >= 15 is 0 Å². The van der Waals surface area contributed by atoms with E-state index in [0.717, 1.165) is 23.6 Å². The highest BCUT2D eigenvalue weighted by molar-refractivity contribution is 5.54. The molecule has 19 heavy (non-hydrogen) atoms. The van der Waals surface area contributed by atoms with E-state index in [2.05, 4.69) is 15.5 Å². The van der Waals surface area contributed by atoms with Crippen LogP contribution < -0.4 is 11.1 Å². The average Bonchev–Trinajstić information content (AvgIpc) is 3.15. The van der Waals surface area contributed by atoms with Gasteiger partial charge in [0.15, 0.2) is 0 Å². The topological polar surface area (TPSA) is 77.0 Å². The summed E-state index contributed by atoms with van der Waals surface area (Å²) in [6.07, 6.45) is 2.69. The second-order valence-corrected chi connectivity index (χ2v) is 4.99. The second-order valence-electron chi connectivity index (χ2n) is 4.99. The average molecular weight is 258 g/mol. The van der Waals surface area contributed by atoms with E-state index in [1.807, 2.05) is 24.3 Å². The molecule has 0 spiro atoms. The van der Waals surface area contributed by atoms with Crippen molar-refractivity contribution in [2.45, 2.75) is 25.9 Å². The van der Waals surface area contributed by atoms with Crippen molar-refractivity contribution in [1.82, 2.24) is 15.5 Å². The first-order valence-electron chi connectivity index (χ1n) is 6.68. The number of nitrogens with zero attached hydrogens (tertiary/aromatic N) is 2. The van der Waals surface area contributed by atoms with Crippen LogP contribution in [-0.2, 0) is 13.1 Å². The molecule has 1 fully saturated rings. The number of nitrogens with two attached hydrogens (primary N) is 1. The predicted molar refractivity (Wildman–Crippen MR) is 72.1 cm³/mol. The van der Waals surface area contributed by atoms with Gasteiger partial charge in [-0.2, -0.15) is 4.98 Å². The van der Waals surface area contributed by atoms with Crippen LogP contribution in [0.1, 0.15) is 24.3 Å². The Morgan fingerprint density at radius 1 is 1.26 bits per heavy atom. The summed E-state index contributed by atoms with van der Waals surface area (Å²) in [4.78, 5) is 4.38. The molecule has 1 aliphatic rings. The Bertz CT molecular complexity index is 531. The standard InChI is InChI=1S/C14H18N4O/c15-7-10-3-5-12(6-4-10)14-17-13(19-18-14)9-16-8-11-1-2-11/h3-6,11,16H,1-2,7-9,15H2. The third-order valence-electron chi connectivity index (χ3n) is 3.32. The maximum Gasteiger partial charge on any atom is 0.240 e. The second kappa shape index (κ2) is 5.50. The lowest BCUT2D eigenvalue weighted by molar-refractivity contribution is 0.367. The molecule has 0 atom stereocenters. The SMILES string of the molecule is NCc1ccc(-c2noc(CNCC3CC3)n2)cc1. The van der Waals surface area contributed by atoms with Crippen LogP contribution in [0, 0.1) is 5.92 Å². The smallest absolute Gasteiger partial charge is 0.240 e. The monoisotopic (exact) mass is 258 g/mol. The molecule has 3 N–H and O–H groups in total. The quantitative estimate of drug-likeness (QED) is 0.824. The predicted octanol–water partition coefficient (Wildman–Crippen LogP) is 1.69. The van der Waals surface area contributed by atoms with Crippen molar-refractivity contribution in [3.8, 4) is 11.4 Å². The molecule has 0 unspecified atom stereocenters. The number of hydrogen-bond acceptors (Lipinski definition) is 5. The molecule has 1 heterocycles. The Morgan fingerprint density at radius 3 is 2.74 bits per heavy atom. The molecule has 2 aromatic rings. The summed E-state index contributed by atoms with van der Waals surface area (Å²) < 4.78 is 5.23. The molecular formula is C14H18N4O. The van der Waals surface area contributed by atoms with Gasteiger partial charge in [0.1, 0.15) is 0 Å². The summed E-state index contributed by atoms with van der Waals surface area (Å²) >= 11 is 0. The summed E-state index contributed by atoms with van der Waals surface area (Å²) in [5, 5.41) is 7.33. The van der Waals surface area contributed by atoms with Crippen LogP contribution in [0.5, 0.6) is 0 Å². The zero-order chi connectivity index (χ0) is 13.1. The maximum atomic E-state index is 5.57. The van der Waals surface area contributed by atoms with Crippen molar-refractivity contribution in [3.05, 3.63) is 35.7 Å². The van der Waals surface area contributed by atoms with E-state index in [1.165, 1.54) is 12.8 Å². The van der Waals surface area contributed by atoms with Gasteiger partial charge in [-0.3, -0.25) is 0 Å². The van der Waals surface area contributed by atoms with Gasteiger partial charge in [-0.25, -0.2) is 0 Å². The number of hydrogen-bond donors (Lipinski definition) is 2. The largest absolute Gasteiger partial charge is 0.338 e. The number of rotatable bonds is 6. The van der Waals surface area contributed by atoms with Gasteiger partial charge in [-0.1, -0.05) is 29.4 Å². The van der Waals surface area contributed by atoms with Crippen molar-refractivity contribution >= 4 is 0 Å². The highest BCUT2D eigenvalue weighted by atomic mass is 16.5. The maximum absolute atomic E-state index is 5.57. The van der Waals surface area contributed by atoms with E-state index in [9.17, 15) is 0 Å². The molecule has 100 valence electrons. The lowest BCUT2D eigenvalue weighted by atomic mass is 10.1. The molecule has 0 saturated heterocycles. The molecule has 3 rings (SSSR count). The minimum atomic E-state index is 0.545. The highest BCUT2D eigenvalue weighted by Crippen LogP contribution is 2.27. The van der Waals surface area contributed by atoms with Gasteiger partial charge in [-0.05, 0) is 30.9 Å². The van der Waals surface area contributed by atoms with Crippen molar-refractivity contribution in [3.63, 3.8) is 0 Å². The summed E-state index contributed by atoms with van der Waals surface area (Å²) in [6.45, 7) is 2.23. The van der Waals surface area contributed by atoms with Crippen molar-refractivity contribution in [2.24, 2.45) is 11.7 Å². The molecule has 5 nitrogen and oxygen atoms in total. The Morgan fingerprint density at radius 2 is 2.05 bits per heavy atom. The normalized spacial score (nSPS) is 14.8. The third kappa shape index (κ3) is 3.19. The first-order valence-corrected chi connectivity index (χ1v) is 6.68. The fourth-order valence-electron chi connectivity index (χ4n) is 1.94. The molecule has 0 radical (unpaired) electrons. The van der Waals surface area contributed by atoms with Crippen LogP contribution in [0.2, 0.25) is 0 Å². The van der Waals surface area contributed by atoms with Crippen LogP contribution in [0.25, 0.3) is 11.4 Å². The van der Waals surface area contributed by atoms with Crippen LogP contribution in [0.3, 0.4) is 0 Å². The van der Waals surface area contributed by atoms with Gasteiger partial charge in [0, 0.05) is 12.1 Å². The van der Waals surface area contributed by atoms with E-state index in [4.69, 9.17) is 10.3 Å². The first kappa shape index (κ1) is 12.3. The van der Waals surface area contributed by atoms with Gasteiger partial charge < -0.3 is 15.6 Å². The zero-order valence-electron chi connectivity index (χ0n) is 10.8. The van der Waals surface area contributed by atoms with Crippen LogP contribution in [0.15, 0.2) is 28.8 Å². The number of benzene rings is 1. The molecule has 1 aromatic heterocycles. The summed E-state index contributed by atoms with van der Waals surface area (Å²) in [7, 11) is 0. The Hall–Kier alpha value is -1.72. The summed E-state index contributed by atoms with van der Waals surface area (Å²) in [6, 6.07) is 7.90. The fraction of sp³-hybridized carbons (Fsp3) is 0.429. The molecule has 5 heteroatoms. The van der Waals surface area contributed by atoms with Crippen LogP contribution in [-0.4, -0.2) is 16.7 Å². The third-order valence-corrected chi connectivity index (χ3v) is 3.32. The molecule has 1 saturated carbocycles. The zero-order valence-corrected chi connectivity index (χ0v) is 10.8. The van der Waals surface area contributed by atoms with Crippen molar-refractivity contribution < 1.29 is 4.52 Å². The Kier molecular flexibility index (Phi) is 3.57. The number of aromatic nitrogens is 2. The highest BCUT2D eigenvalue weighted by Gasteiger charge is 2.20. The lowest BCUT2D eigenvalue weighted by Crippen LogP contribution is -2.16. The molecule has 0 amide bonds. The van der Waals surface area contributed by atoms with Gasteiger partial charge in [0.2, 0.25) is 11.7 Å². The van der Waals surface area contributed by atoms with E-state index in [0.29, 0.717) is 24.8 Å². The van der Waals surface area contributed by atoms with Crippen molar-refractivity contribution in [2.75, 3.05) is 6.54 Å². The van der Waals surface area contributed by atoms with Gasteiger partial charge in [0.25, 0.3) is 0 Å². The van der Waals surface area contributed by atoms with Crippen LogP contribution >= 0.6 is 0 Å². The van der Waals surface area contributed by atoms with Crippen LogP contribution in [0.4, 0.5) is 0 Å². The minimum absolute atomic E-state index is 0.545. The summed E-state index contributed by atoms with van der Waals surface area (Å²) in [5.74, 6) is 2.12. The van der Waals surface area contributed by atoms with E-state index in [1.54, 1.807) is 0 Å². The Labute approximate surface area is 112 Å². The first-order chi connectivity index (χ1) is 9.35. The summed E-state index contributed by atoms with van der Waals surface area (Å²) in [5.41, 5.74) is 7.62. The molecule has 1 aliphatic carbocycles. The van der Waals surface area contributed by atoms with Gasteiger partial charge >= 0.3 is 0 Å². The molecule has 0 bridgehead atoms. The van der Waals surface area contributed by atoms with Gasteiger partial charge in [-0.15, -0.1) is 0 Å². The molecular weight excluding hydrogens is 240 g/mol. The minimum Gasteiger partial charge on any atom is -0.338 e. The Balaban J connectivity index is 1.61. The lowest BCUT2D eigenvalue weighted by Gasteiger charge is -1.98.